The van der Waals surface area contributed by atoms with E-state index in [1.165, 1.54) is 36.8 Å². The fourth-order valence-corrected chi connectivity index (χ4v) is 2.80. The van der Waals surface area contributed by atoms with Crippen LogP contribution in [0, 0.1) is 5.92 Å². The summed E-state index contributed by atoms with van der Waals surface area (Å²) in [4.78, 5) is 11.9. The van der Waals surface area contributed by atoms with Crippen molar-refractivity contribution in [1.82, 2.24) is 9.47 Å². The summed E-state index contributed by atoms with van der Waals surface area (Å²) in [5.74, 6) is 1.84. The van der Waals surface area contributed by atoms with Crippen LogP contribution in [0.4, 0.5) is 0 Å². The molecule has 1 aliphatic heterocycles. The summed E-state index contributed by atoms with van der Waals surface area (Å²) in [6.45, 7) is 18.8. The Balaban J connectivity index is 0.000000588. The molecule has 3 rings (SSSR count). The fraction of sp³-hybridized carbons (Fsp3) is 0.640. The van der Waals surface area contributed by atoms with Gasteiger partial charge in [-0.05, 0) is 63.9 Å². The predicted molar refractivity (Wildman–Crippen MR) is 128 cm³/mol. The Labute approximate surface area is 184 Å². The van der Waals surface area contributed by atoms with Gasteiger partial charge in [-0.2, -0.15) is 0 Å². The average Bonchev–Trinajstić information content (AvgIpc) is 3.34. The van der Waals surface area contributed by atoms with E-state index >= 15 is 0 Å². The van der Waals surface area contributed by atoms with E-state index in [-0.39, 0.29) is 6.10 Å². The van der Waals surface area contributed by atoms with Crippen molar-refractivity contribution in [3.63, 3.8) is 0 Å². The van der Waals surface area contributed by atoms with E-state index in [1.54, 1.807) is 13.8 Å². The molecule has 0 atom stereocenters. The van der Waals surface area contributed by atoms with Crippen molar-refractivity contribution in [2.75, 3.05) is 26.2 Å². The summed E-state index contributed by atoms with van der Waals surface area (Å²) in [5.41, 5.74) is 1.23. The molecule has 0 bridgehead atoms. The highest BCUT2D eigenvalue weighted by molar-refractivity contribution is 5.86. The molecule has 172 valence electrons. The van der Waals surface area contributed by atoms with E-state index in [1.807, 2.05) is 13.8 Å². The normalized spacial score (nSPS) is 13.0. The Kier molecular flexibility index (Phi) is 15.6. The number of carbonyl (C=O) groups excluding carboxylic acids is 1. The predicted octanol–water partition coefficient (Wildman–Crippen LogP) is 5.91. The van der Waals surface area contributed by atoms with E-state index in [0.29, 0.717) is 6.47 Å². The van der Waals surface area contributed by atoms with Crippen LogP contribution in [0.25, 0.3) is 10.9 Å². The maximum atomic E-state index is 9.39. The molecule has 30 heavy (non-hydrogen) atoms. The lowest BCUT2D eigenvalue weighted by atomic mass is 10.2. The van der Waals surface area contributed by atoms with E-state index in [2.05, 4.69) is 72.5 Å². The van der Waals surface area contributed by atoms with Gasteiger partial charge >= 0.3 is 0 Å². The third-order valence-electron chi connectivity index (χ3n) is 4.08. The van der Waals surface area contributed by atoms with Gasteiger partial charge in [0.25, 0.3) is 6.47 Å². The van der Waals surface area contributed by atoms with Gasteiger partial charge in [-0.3, -0.25) is 9.69 Å². The summed E-state index contributed by atoms with van der Waals surface area (Å²) in [5, 5.41) is 1.21. The zero-order valence-electron chi connectivity index (χ0n) is 20.5. The number of hydrogen-bond donors (Lipinski definition) is 0. The molecule has 1 fully saturated rings. The van der Waals surface area contributed by atoms with Gasteiger partial charge in [0.05, 0.1) is 11.6 Å². The molecule has 5 heteroatoms. The first-order chi connectivity index (χ1) is 14.3. The van der Waals surface area contributed by atoms with Crippen LogP contribution in [0.5, 0.6) is 5.75 Å². The standard InChI is InChI=1S/C15H20N2O.C4H8O2.C4H10.C2H6/c1-16-10-7-13-14(16)5-4-6-15(13)18-12-11-17-8-2-3-9-17;1-4(2)6-3-5;1-4(2)3;1-2/h4-7,10H,2-3,8-9,11-12H2,1H3;3-4H,1-2H3;4H,1-3H3;1-2H3. The molecule has 0 radical (unpaired) electrons. The molecule has 0 aliphatic carbocycles. The van der Waals surface area contributed by atoms with Gasteiger partial charge in [0.1, 0.15) is 12.4 Å². The summed E-state index contributed by atoms with van der Waals surface area (Å²) in [6, 6.07) is 8.38. The van der Waals surface area contributed by atoms with Gasteiger partial charge in [0, 0.05) is 25.2 Å². The number of carbonyl (C=O) groups is 1. The molecule has 0 N–H and O–H groups in total. The Hall–Kier alpha value is -2.01. The zero-order valence-corrected chi connectivity index (χ0v) is 20.5. The molecule has 0 unspecified atom stereocenters. The van der Waals surface area contributed by atoms with E-state index in [9.17, 15) is 4.79 Å². The average molecular weight is 421 g/mol. The number of nitrogens with zero attached hydrogens (tertiary/aromatic N) is 2. The molecule has 1 aliphatic rings. The fourth-order valence-electron chi connectivity index (χ4n) is 2.80. The van der Waals surface area contributed by atoms with Crippen molar-refractivity contribution in [2.24, 2.45) is 13.0 Å². The van der Waals surface area contributed by atoms with Crippen LogP contribution < -0.4 is 4.74 Å². The van der Waals surface area contributed by atoms with Crippen molar-refractivity contribution in [3.8, 4) is 5.75 Å². The van der Waals surface area contributed by atoms with Crippen LogP contribution in [0.15, 0.2) is 30.5 Å². The lowest BCUT2D eigenvalue weighted by Crippen LogP contribution is -2.25. The molecule has 1 aromatic heterocycles. The van der Waals surface area contributed by atoms with Crippen molar-refractivity contribution in [2.45, 2.75) is 67.4 Å². The zero-order chi connectivity index (χ0) is 22.9. The lowest BCUT2D eigenvalue weighted by Gasteiger charge is -2.15. The number of aromatic nitrogens is 1. The van der Waals surface area contributed by atoms with Crippen LogP contribution in [-0.4, -0.2) is 48.3 Å². The van der Waals surface area contributed by atoms with Gasteiger partial charge < -0.3 is 14.0 Å². The molecule has 5 nitrogen and oxygen atoms in total. The molecule has 1 aromatic carbocycles. The second-order valence-electron chi connectivity index (χ2n) is 8.03. The molecule has 2 heterocycles. The summed E-state index contributed by atoms with van der Waals surface area (Å²) in [7, 11) is 2.07. The van der Waals surface area contributed by atoms with Crippen molar-refractivity contribution in [3.05, 3.63) is 30.5 Å². The van der Waals surface area contributed by atoms with Crippen LogP contribution in [-0.2, 0) is 16.6 Å². The molecule has 0 spiro atoms. The number of rotatable bonds is 6. The van der Waals surface area contributed by atoms with Gasteiger partial charge in [0.2, 0.25) is 0 Å². The number of ether oxygens (including phenoxy) is 2. The summed E-state index contributed by atoms with van der Waals surface area (Å²) >= 11 is 0. The number of fused-ring (bicyclic) bond motifs is 1. The second-order valence-corrected chi connectivity index (χ2v) is 8.03. The highest BCUT2D eigenvalue weighted by Crippen LogP contribution is 2.25. The van der Waals surface area contributed by atoms with Crippen LogP contribution in [0.3, 0.4) is 0 Å². The molecular weight excluding hydrogens is 376 g/mol. The molecular formula is C25H44N2O3. The molecule has 0 amide bonds. The SMILES string of the molecule is CC.CC(C)C.CC(C)OC=O.Cn1ccc2c(OCCN3CCCC3)cccc21. The first kappa shape index (κ1) is 28.0. The van der Waals surface area contributed by atoms with E-state index in [0.717, 1.165) is 24.8 Å². The van der Waals surface area contributed by atoms with Crippen molar-refractivity contribution < 1.29 is 14.3 Å². The first-order valence-electron chi connectivity index (χ1n) is 11.3. The number of hydrogen-bond acceptors (Lipinski definition) is 4. The largest absolute Gasteiger partial charge is 0.492 e. The minimum absolute atomic E-state index is 0.0301. The number of likely N-dealkylation sites (tertiary alicyclic amines) is 1. The molecule has 2 aromatic rings. The third kappa shape index (κ3) is 11.9. The summed E-state index contributed by atoms with van der Waals surface area (Å²) < 4.78 is 12.4. The topological polar surface area (TPSA) is 43.7 Å². The van der Waals surface area contributed by atoms with Gasteiger partial charge in [-0.15, -0.1) is 0 Å². The van der Waals surface area contributed by atoms with Crippen LogP contribution in [0.1, 0.15) is 61.3 Å². The van der Waals surface area contributed by atoms with Crippen LogP contribution >= 0.6 is 0 Å². The molecule has 0 saturated carbocycles. The Morgan fingerprint density at radius 2 is 1.63 bits per heavy atom. The van der Waals surface area contributed by atoms with Gasteiger partial charge in [0.15, 0.2) is 0 Å². The quantitative estimate of drug-likeness (QED) is 0.545. The lowest BCUT2D eigenvalue weighted by molar-refractivity contribution is -0.131. The monoisotopic (exact) mass is 420 g/mol. The Bertz CT molecular complexity index is 671. The highest BCUT2D eigenvalue weighted by Gasteiger charge is 2.11. The second kappa shape index (κ2) is 16.8. The third-order valence-corrected chi connectivity index (χ3v) is 4.08. The number of benzene rings is 1. The Morgan fingerprint density at radius 1 is 1.03 bits per heavy atom. The van der Waals surface area contributed by atoms with Crippen LogP contribution in [0.2, 0.25) is 0 Å². The van der Waals surface area contributed by atoms with E-state index < -0.39 is 0 Å². The van der Waals surface area contributed by atoms with Crippen molar-refractivity contribution >= 4 is 17.4 Å². The summed E-state index contributed by atoms with van der Waals surface area (Å²) in [6.07, 6.45) is 4.79. The van der Waals surface area contributed by atoms with Gasteiger partial charge in [-0.1, -0.05) is 40.7 Å². The highest BCUT2D eigenvalue weighted by atomic mass is 16.5. The minimum atomic E-state index is 0.0301. The molecule has 1 saturated heterocycles. The first-order valence-corrected chi connectivity index (χ1v) is 11.3. The Morgan fingerprint density at radius 3 is 2.13 bits per heavy atom. The van der Waals surface area contributed by atoms with Crippen molar-refractivity contribution in [1.29, 1.82) is 0 Å². The minimum Gasteiger partial charge on any atom is -0.492 e. The maximum absolute atomic E-state index is 9.39. The smallest absolute Gasteiger partial charge is 0.293 e. The maximum Gasteiger partial charge on any atom is 0.293 e. The van der Waals surface area contributed by atoms with Gasteiger partial charge in [-0.25, -0.2) is 0 Å². The van der Waals surface area contributed by atoms with E-state index in [4.69, 9.17) is 4.74 Å². The number of aryl methyl sites for hydroxylation is 1.